The third kappa shape index (κ3) is 4.07. The summed E-state index contributed by atoms with van der Waals surface area (Å²) in [5.74, 6) is 0. The summed E-state index contributed by atoms with van der Waals surface area (Å²) in [5.41, 5.74) is 1.19. The molecule has 2 unspecified atom stereocenters. The van der Waals surface area contributed by atoms with Gasteiger partial charge in [0.1, 0.15) is 0 Å². The lowest BCUT2D eigenvalue weighted by Gasteiger charge is -2.33. The number of likely N-dealkylation sites (N-methyl/N-ethyl adjacent to an activating group) is 1. The summed E-state index contributed by atoms with van der Waals surface area (Å²) in [6.45, 7) is 4.51. The van der Waals surface area contributed by atoms with Gasteiger partial charge in [0.15, 0.2) is 0 Å². The molecule has 0 bridgehead atoms. The van der Waals surface area contributed by atoms with Crippen molar-refractivity contribution in [3.05, 3.63) is 70.7 Å². The predicted octanol–water partition coefficient (Wildman–Crippen LogP) is 4.24. The van der Waals surface area contributed by atoms with E-state index in [1.165, 1.54) is 0 Å². The van der Waals surface area contributed by atoms with Crippen LogP contribution in [-0.2, 0) is 5.60 Å². The van der Waals surface area contributed by atoms with Gasteiger partial charge in [0, 0.05) is 17.6 Å². The Labute approximate surface area is 132 Å². The highest BCUT2D eigenvalue weighted by molar-refractivity contribution is 6.30. The Morgan fingerprint density at radius 1 is 1.14 bits per heavy atom. The molecular formula is C18H22ClNO. The van der Waals surface area contributed by atoms with Crippen LogP contribution >= 0.6 is 11.6 Å². The van der Waals surface area contributed by atoms with Crippen LogP contribution in [0, 0.1) is 0 Å². The maximum atomic E-state index is 10.7. The molecule has 2 rings (SSSR count). The van der Waals surface area contributed by atoms with Gasteiger partial charge in [-0.2, -0.15) is 0 Å². The van der Waals surface area contributed by atoms with E-state index in [0.717, 1.165) is 16.1 Å². The van der Waals surface area contributed by atoms with Crippen molar-refractivity contribution in [2.75, 3.05) is 13.6 Å². The molecule has 112 valence electrons. The minimum Gasteiger partial charge on any atom is -0.384 e. The molecule has 0 spiro atoms. The zero-order valence-electron chi connectivity index (χ0n) is 12.8. The van der Waals surface area contributed by atoms with Crippen molar-refractivity contribution in [3.63, 3.8) is 0 Å². The molecule has 0 aliphatic rings. The minimum absolute atomic E-state index is 0.180. The molecule has 0 aliphatic heterocycles. The maximum absolute atomic E-state index is 10.7. The molecule has 0 aromatic heterocycles. The fraction of sp³-hybridized carbons (Fsp3) is 0.333. The lowest BCUT2D eigenvalue weighted by atomic mass is 9.94. The lowest BCUT2D eigenvalue weighted by molar-refractivity contribution is 0.0132. The van der Waals surface area contributed by atoms with Gasteiger partial charge < -0.3 is 5.11 Å². The molecule has 0 fully saturated rings. The van der Waals surface area contributed by atoms with Gasteiger partial charge in [0.25, 0.3) is 0 Å². The number of halogens is 1. The van der Waals surface area contributed by atoms with E-state index in [1.807, 2.05) is 62.5 Å². The zero-order chi connectivity index (χ0) is 15.5. The normalized spacial score (nSPS) is 15.7. The average Bonchev–Trinajstić information content (AvgIpc) is 2.47. The summed E-state index contributed by atoms with van der Waals surface area (Å²) in [5, 5.41) is 11.5. The van der Waals surface area contributed by atoms with Crippen LogP contribution in [0.25, 0.3) is 0 Å². The van der Waals surface area contributed by atoms with Crippen molar-refractivity contribution in [2.24, 2.45) is 0 Å². The van der Waals surface area contributed by atoms with Crippen LogP contribution < -0.4 is 0 Å². The van der Waals surface area contributed by atoms with Gasteiger partial charge in [-0.1, -0.05) is 54.1 Å². The molecule has 0 amide bonds. The van der Waals surface area contributed by atoms with Gasteiger partial charge in [-0.3, -0.25) is 4.90 Å². The van der Waals surface area contributed by atoms with E-state index in [4.69, 9.17) is 11.6 Å². The third-order valence-corrected chi connectivity index (χ3v) is 4.18. The topological polar surface area (TPSA) is 23.5 Å². The molecule has 3 heteroatoms. The van der Waals surface area contributed by atoms with E-state index in [2.05, 4.69) is 17.9 Å². The number of nitrogens with zero attached hydrogens (tertiary/aromatic N) is 1. The van der Waals surface area contributed by atoms with Gasteiger partial charge in [-0.15, -0.1) is 0 Å². The Balaban J connectivity index is 2.12. The first-order valence-electron chi connectivity index (χ1n) is 7.14. The first-order chi connectivity index (χ1) is 9.90. The Hall–Kier alpha value is -1.35. The molecule has 1 N–H and O–H groups in total. The van der Waals surface area contributed by atoms with Gasteiger partial charge in [0.2, 0.25) is 0 Å². The molecule has 0 saturated carbocycles. The lowest BCUT2D eigenvalue weighted by Crippen LogP contribution is -2.38. The average molecular weight is 304 g/mol. The van der Waals surface area contributed by atoms with Crippen molar-refractivity contribution in [3.8, 4) is 0 Å². The van der Waals surface area contributed by atoms with E-state index < -0.39 is 5.60 Å². The van der Waals surface area contributed by atoms with Crippen LogP contribution in [0.15, 0.2) is 54.6 Å². The summed E-state index contributed by atoms with van der Waals surface area (Å²) in [6, 6.07) is 17.8. The van der Waals surface area contributed by atoms with Crippen molar-refractivity contribution >= 4 is 11.6 Å². The fourth-order valence-corrected chi connectivity index (χ4v) is 2.73. The molecule has 0 aliphatic carbocycles. The van der Waals surface area contributed by atoms with Crippen molar-refractivity contribution in [1.82, 2.24) is 4.90 Å². The fourth-order valence-electron chi connectivity index (χ4n) is 2.53. The van der Waals surface area contributed by atoms with Gasteiger partial charge in [-0.05, 0) is 44.2 Å². The first kappa shape index (κ1) is 16.0. The Morgan fingerprint density at radius 3 is 2.43 bits per heavy atom. The molecule has 0 saturated heterocycles. The number of hydrogen-bond donors (Lipinski definition) is 1. The SMILES string of the molecule is CC(c1cccc(Cl)c1)N(C)CC(C)(O)c1ccccc1. The van der Waals surface area contributed by atoms with Crippen molar-refractivity contribution < 1.29 is 5.11 Å². The van der Waals surface area contributed by atoms with Gasteiger partial charge in [-0.25, -0.2) is 0 Å². The molecule has 2 nitrogen and oxygen atoms in total. The standard InChI is InChI=1S/C18H22ClNO/c1-14(15-8-7-11-17(19)12-15)20(3)13-18(2,21)16-9-5-4-6-10-16/h4-12,14,21H,13H2,1-3H3. The summed E-state index contributed by atoms with van der Waals surface area (Å²) < 4.78 is 0. The first-order valence-corrected chi connectivity index (χ1v) is 7.51. The maximum Gasteiger partial charge on any atom is 0.0994 e. The van der Waals surface area contributed by atoms with E-state index in [0.29, 0.717) is 6.54 Å². The second-order valence-corrected chi connectivity index (χ2v) is 6.22. The van der Waals surface area contributed by atoms with Crippen molar-refractivity contribution in [2.45, 2.75) is 25.5 Å². The monoisotopic (exact) mass is 303 g/mol. The zero-order valence-corrected chi connectivity index (χ0v) is 13.5. The quantitative estimate of drug-likeness (QED) is 0.893. The van der Waals surface area contributed by atoms with E-state index in [1.54, 1.807) is 0 Å². The highest BCUT2D eigenvalue weighted by Gasteiger charge is 2.26. The molecule has 0 heterocycles. The number of hydrogen-bond acceptors (Lipinski definition) is 2. The summed E-state index contributed by atoms with van der Waals surface area (Å²) in [4.78, 5) is 2.14. The van der Waals surface area contributed by atoms with Crippen LogP contribution in [-0.4, -0.2) is 23.6 Å². The second-order valence-electron chi connectivity index (χ2n) is 5.79. The van der Waals surface area contributed by atoms with Crippen LogP contribution in [0.4, 0.5) is 0 Å². The molecule has 0 radical (unpaired) electrons. The van der Waals surface area contributed by atoms with Crippen LogP contribution in [0.2, 0.25) is 5.02 Å². The summed E-state index contributed by atoms with van der Waals surface area (Å²) in [6.07, 6.45) is 0. The highest BCUT2D eigenvalue weighted by atomic mass is 35.5. The molecular weight excluding hydrogens is 282 g/mol. The number of aliphatic hydroxyl groups is 1. The van der Waals surface area contributed by atoms with Gasteiger partial charge >= 0.3 is 0 Å². The Morgan fingerprint density at radius 2 is 1.81 bits per heavy atom. The molecule has 2 atom stereocenters. The minimum atomic E-state index is -0.886. The molecule has 2 aromatic carbocycles. The highest BCUT2D eigenvalue weighted by Crippen LogP contribution is 2.27. The Kier molecular flexibility index (Phi) is 5.04. The summed E-state index contributed by atoms with van der Waals surface area (Å²) >= 11 is 6.05. The summed E-state index contributed by atoms with van der Waals surface area (Å²) in [7, 11) is 2.02. The van der Waals surface area contributed by atoms with E-state index in [9.17, 15) is 5.11 Å². The van der Waals surface area contributed by atoms with Crippen LogP contribution in [0.3, 0.4) is 0 Å². The van der Waals surface area contributed by atoms with E-state index >= 15 is 0 Å². The largest absolute Gasteiger partial charge is 0.384 e. The second kappa shape index (κ2) is 6.61. The van der Waals surface area contributed by atoms with Gasteiger partial charge in [0.05, 0.1) is 5.60 Å². The third-order valence-electron chi connectivity index (χ3n) is 3.95. The van der Waals surface area contributed by atoms with Crippen LogP contribution in [0.1, 0.15) is 31.0 Å². The molecule has 2 aromatic rings. The predicted molar refractivity (Wildman–Crippen MR) is 88.5 cm³/mol. The number of rotatable bonds is 5. The number of benzene rings is 2. The van der Waals surface area contributed by atoms with Crippen molar-refractivity contribution in [1.29, 1.82) is 0 Å². The smallest absolute Gasteiger partial charge is 0.0994 e. The van der Waals surface area contributed by atoms with E-state index in [-0.39, 0.29) is 6.04 Å². The Bertz CT molecular complexity index is 583. The molecule has 21 heavy (non-hydrogen) atoms. The van der Waals surface area contributed by atoms with Crippen LogP contribution in [0.5, 0.6) is 0 Å².